The summed E-state index contributed by atoms with van der Waals surface area (Å²) in [6, 6.07) is 8.45. The van der Waals surface area contributed by atoms with Crippen molar-refractivity contribution < 1.29 is 9.53 Å². The van der Waals surface area contributed by atoms with Crippen molar-refractivity contribution in [1.29, 1.82) is 0 Å². The van der Waals surface area contributed by atoms with Crippen LogP contribution in [0.1, 0.15) is 24.8 Å². The molecule has 0 bridgehead atoms. The smallest absolute Gasteiger partial charge is 0.333 e. The van der Waals surface area contributed by atoms with Crippen LogP contribution in [0.4, 0.5) is 5.69 Å². The summed E-state index contributed by atoms with van der Waals surface area (Å²) < 4.78 is 5.12. The number of aryl methyl sites for hydroxylation is 1. The van der Waals surface area contributed by atoms with Crippen molar-refractivity contribution in [2.24, 2.45) is 0 Å². The molecular weight excluding hydrogens is 252 g/mol. The van der Waals surface area contributed by atoms with E-state index in [1.807, 2.05) is 12.1 Å². The Morgan fingerprint density at radius 3 is 3.05 bits per heavy atom. The number of carbonyl (C=O) groups is 1. The van der Waals surface area contributed by atoms with Crippen LogP contribution in [0.2, 0.25) is 0 Å². The van der Waals surface area contributed by atoms with Crippen LogP contribution in [0, 0.1) is 6.92 Å². The third-order valence-electron chi connectivity index (χ3n) is 4.66. The van der Waals surface area contributed by atoms with Crippen LogP contribution in [0.5, 0.6) is 0 Å². The van der Waals surface area contributed by atoms with Crippen LogP contribution in [-0.4, -0.2) is 42.6 Å². The lowest BCUT2D eigenvalue weighted by Crippen LogP contribution is -2.54. The molecule has 1 N–H and O–H groups in total. The SMILES string of the molecule is COC(=O)C1(Nc2cccc(C)c2)CCN2CCCC21. The van der Waals surface area contributed by atoms with Crippen molar-refractivity contribution in [2.75, 3.05) is 25.5 Å². The number of hydrogen-bond acceptors (Lipinski definition) is 4. The van der Waals surface area contributed by atoms with E-state index in [9.17, 15) is 4.79 Å². The third kappa shape index (κ3) is 2.08. The lowest BCUT2D eigenvalue weighted by atomic mass is 9.88. The van der Waals surface area contributed by atoms with Crippen LogP contribution < -0.4 is 5.32 Å². The Morgan fingerprint density at radius 1 is 1.45 bits per heavy atom. The number of ether oxygens (including phenoxy) is 1. The van der Waals surface area contributed by atoms with E-state index in [2.05, 4.69) is 29.3 Å². The molecule has 0 saturated carbocycles. The number of anilines is 1. The predicted molar refractivity (Wildman–Crippen MR) is 78.8 cm³/mol. The molecule has 2 fully saturated rings. The minimum absolute atomic E-state index is 0.131. The molecule has 1 aromatic rings. The predicted octanol–water partition coefficient (Wildman–Crippen LogP) is 2.19. The molecule has 2 heterocycles. The quantitative estimate of drug-likeness (QED) is 0.858. The van der Waals surface area contributed by atoms with E-state index in [1.165, 1.54) is 19.1 Å². The zero-order valence-electron chi connectivity index (χ0n) is 12.2. The Hall–Kier alpha value is -1.55. The topological polar surface area (TPSA) is 41.6 Å². The van der Waals surface area contributed by atoms with Gasteiger partial charge in [-0.1, -0.05) is 12.1 Å². The number of methoxy groups -OCH3 is 1. The first-order valence-electron chi connectivity index (χ1n) is 7.33. The highest BCUT2D eigenvalue weighted by atomic mass is 16.5. The summed E-state index contributed by atoms with van der Waals surface area (Å²) in [4.78, 5) is 14.9. The fourth-order valence-electron chi connectivity index (χ4n) is 3.74. The van der Waals surface area contributed by atoms with Crippen molar-refractivity contribution in [2.45, 2.75) is 37.8 Å². The second-order valence-electron chi connectivity index (χ2n) is 5.90. The lowest BCUT2D eigenvalue weighted by molar-refractivity contribution is -0.146. The van der Waals surface area contributed by atoms with Crippen molar-refractivity contribution in [3.63, 3.8) is 0 Å². The standard InChI is InChI=1S/C16H22N2O2/c1-12-5-3-6-13(11-12)17-16(15(19)20-2)8-10-18-9-4-7-14(16)18/h3,5-6,11,14,17H,4,7-10H2,1-2H3. The lowest BCUT2D eigenvalue weighted by Gasteiger charge is -2.34. The van der Waals surface area contributed by atoms with Crippen LogP contribution in [0.25, 0.3) is 0 Å². The number of hydrogen-bond donors (Lipinski definition) is 1. The highest BCUT2D eigenvalue weighted by molar-refractivity contribution is 5.86. The molecule has 0 spiro atoms. The van der Waals surface area contributed by atoms with E-state index >= 15 is 0 Å². The van der Waals surface area contributed by atoms with Gasteiger partial charge in [-0.25, -0.2) is 4.79 Å². The summed E-state index contributed by atoms with van der Waals surface area (Å²) in [6.45, 7) is 4.13. The maximum absolute atomic E-state index is 12.5. The van der Waals surface area contributed by atoms with Crippen molar-refractivity contribution in [3.8, 4) is 0 Å². The molecule has 2 saturated heterocycles. The molecular formula is C16H22N2O2. The van der Waals surface area contributed by atoms with Gasteiger partial charge in [-0.05, 0) is 50.4 Å². The average molecular weight is 274 g/mol. The Bertz CT molecular complexity index is 517. The van der Waals surface area contributed by atoms with E-state index in [4.69, 9.17) is 4.74 Å². The number of nitrogens with zero attached hydrogens (tertiary/aromatic N) is 1. The summed E-state index contributed by atoms with van der Waals surface area (Å²) in [5.74, 6) is -0.131. The first-order chi connectivity index (χ1) is 9.65. The zero-order valence-corrected chi connectivity index (χ0v) is 12.2. The van der Waals surface area contributed by atoms with E-state index < -0.39 is 5.54 Å². The van der Waals surface area contributed by atoms with Crippen LogP contribution in [0.15, 0.2) is 24.3 Å². The fourth-order valence-corrected chi connectivity index (χ4v) is 3.74. The van der Waals surface area contributed by atoms with Gasteiger partial charge in [0.2, 0.25) is 0 Å². The fraction of sp³-hybridized carbons (Fsp3) is 0.562. The van der Waals surface area contributed by atoms with Gasteiger partial charge in [0.05, 0.1) is 7.11 Å². The van der Waals surface area contributed by atoms with E-state index in [0.717, 1.165) is 31.6 Å². The van der Waals surface area contributed by atoms with Gasteiger partial charge < -0.3 is 10.1 Å². The highest BCUT2D eigenvalue weighted by Crippen LogP contribution is 2.39. The maximum Gasteiger partial charge on any atom is 0.333 e. The minimum Gasteiger partial charge on any atom is -0.467 e. The van der Waals surface area contributed by atoms with Crippen molar-refractivity contribution in [3.05, 3.63) is 29.8 Å². The Kier molecular flexibility index (Phi) is 3.42. The summed E-state index contributed by atoms with van der Waals surface area (Å²) in [5, 5.41) is 3.50. The molecule has 0 aliphatic carbocycles. The van der Waals surface area contributed by atoms with Gasteiger partial charge >= 0.3 is 5.97 Å². The normalized spacial score (nSPS) is 29.2. The number of fused-ring (bicyclic) bond motifs is 1. The molecule has 0 radical (unpaired) electrons. The molecule has 2 unspecified atom stereocenters. The first kappa shape index (κ1) is 13.4. The molecule has 1 aromatic carbocycles. The van der Waals surface area contributed by atoms with Gasteiger partial charge in [-0.2, -0.15) is 0 Å². The van der Waals surface area contributed by atoms with Crippen LogP contribution in [-0.2, 0) is 9.53 Å². The summed E-state index contributed by atoms with van der Waals surface area (Å²) in [6.07, 6.45) is 3.05. The summed E-state index contributed by atoms with van der Waals surface area (Å²) in [7, 11) is 1.49. The van der Waals surface area contributed by atoms with Gasteiger partial charge in [0.25, 0.3) is 0 Å². The summed E-state index contributed by atoms with van der Waals surface area (Å²) >= 11 is 0. The van der Waals surface area contributed by atoms with Gasteiger partial charge in [0.15, 0.2) is 5.54 Å². The molecule has 20 heavy (non-hydrogen) atoms. The third-order valence-corrected chi connectivity index (χ3v) is 4.66. The molecule has 4 nitrogen and oxygen atoms in total. The number of benzene rings is 1. The monoisotopic (exact) mass is 274 g/mol. The van der Waals surface area contributed by atoms with Gasteiger partial charge in [-0.3, -0.25) is 4.90 Å². The molecule has 4 heteroatoms. The second-order valence-corrected chi connectivity index (χ2v) is 5.90. The molecule has 2 atom stereocenters. The number of carbonyl (C=O) groups excluding carboxylic acids is 1. The van der Waals surface area contributed by atoms with Crippen molar-refractivity contribution in [1.82, 2.24) is 4.90 Å². The largest absolute Gasteiger partial charge is 0.467 e. The maximum atomic E-state index is 12.5. The molecule has 0 aromatic heterocycles. The molecule has 2 aliphatic rings. The first-order valence-corrected chi connectivity index (χ1v) is 7.33. The van der Waals surface area contributed by atoms with Gasteiger partial charge in [0.1, 0.15) is 0 Å². The second kappa shape index (κ2) is 5.09. The Balaban J connectivity index is 1.93. The Morgan fingerprint density at radius 2 is 2.30 bits per heavy atom. The molecule has 2 aliphatic heterocycles. The van der Waals surface area contributed by atoms with E-state index in [0.29, 0.717) is 0 Å². The van der Waals surface area contributed by atoms with Gasteiger partial charge in [-0.15, -0.1) is 0 Å². The highest BCUT2D eigenvalue weighted by Gasteiger charge is 2.55. The molecule has 108 valence electrons. The minimum atomic E-state index is -0.584. The molecule has 3 rings (SSSR count). The summed E-state index contributed by atoms with van der Waals surface area (Å²) in [5.41, 5.74) is 1.61. The van der Waals surface area contributed by atoms with E-state index in [1.54, 1.807) is 0 Å². The molecule has 0 amide bonds. The average Bonchev–Trinajstić information content (AvgIpc) is 3.02. The van der Waals surface area contributed by atoms with Crippen molar-refractivity contribution >= 4 is 11.7 Å². The van der Waals surface area contributed by atoms with Gasteiger partial charge in [0, 0.05) is 18.3 Å². The van der Waals surface area contributed by atoms with Crippen LogP contribution >= 0.6 is 0 Å². The Labute approximate surface area is 120 Å². The number of esters is 1. The number of rotatable bonds is 3. The van der Waals surface area contributed by atoms with E-state index in [-0.39, 0.29) is 12.0 Å². The number of nitrogens with one attached hydrogen (secondary N) is 1. The van der Waals surface area contributed by atoms with Crippen LogP contribution in [0.3, 0.4) is 0 Å². The zero-order chi connectivity index (χ0) is 14.2.